The van der Waals surface area contributed by atoms with E-state index in [-0.39, 0.29) is 0 Å². The Labute approximate surface area is 158 Å². The molecule has 0 aliphatic rings. The molecule has 1 radical (unpaired) electrons. The van der Waals surface area contributed by atoms with Crippen molar-refractivity contribution < 1.29 is 9.15 Å². The van der Waals surface area contributed by atoms with Gasteiger partial charge in [-0.2, -0.15) is 0 Å². The smallest absolute Gasteiger partial charge is 0.225 e. The van der Waals surface area contributed by atoms with E-state index in [1.54, 1.807) is 6.92 Å². The predicted octanol–water partition coefficient (Wildman–Crippen LogP) is 5.22. The van der Waals surface area contributed by atoms with Gasteiger partial charge in [-0.25, -0.2) is 0 Å². The molecule has 0 saturated heterocycles. The lowest BCUT2D eigenvalue weighted by molar-refractivity contribution is 0.306. The summed E-state index contributed by atoms with van der Waals surface area (Å²) in [6.45, 7) is 2.33. The minimum absolute atomic E-state index is 0.504. The Balaban J connectivity index is 1.50. The summed E-state index contributed by atoms with van der Waals surface area (Å²) in [5, 5.41) is 7.87. The van der Waals surface area contributed by atoms with Gasteiger partial charge in [-0.3, -0.25) is 0 Å². The minimum atomic E-state index is 0.504. The second-order valence-electron chi connectivity index (χ2n) is 6.23. The quantitative estimate of drug-likeness (QED) is 0.475. The van der Waals surface area contributed by atoms with Crippen LogP contribution >= 0.6 is 0 Å². The van der Waals surface area contributed by atoms with Gasteiger partial charge in [0.05, 0.1) is 6.42 Å². The summed E-state index contributed by atoms with van der Waals surface area (Å²) in [5.41, 5.74) is 4.35. The highest BCUT2D eigenvalue weighted by Gasteiger charge is 2.07. The number of hydrogen-bond donors (Lipinski definition) is 0. The Morgan fingerprint density at radius 3 is 2.41 bits per heavy atom. The van der Waals surface area contributed by atoms with Crippen molar-refractivity contribution in [2.75, 3.05) is 0 Å². The molecule has 4 rings (SSSR count). The molecule has 1 heterocycles. The van der Waals surface area contributed by atoms with Gasteiger partial charge in [-0.1, -0.05) is 66.7 Å². The van der Waals surface area contributed by atoms with Crippen LogP contribution in [0.3, 0.4) is 0 Å². The summed E-state index contributed by atoms with van der Waals surface area (Å²) >= 11 is 0. The molecule has 0 N–H and O–H groups in total. The van der Waals surface area contributed by atoms with Crippen LogP contribution in [0.1, 0.15) is 22.9 Å². The lowest BCUT2D eigenvalue weighted by atomic mass is 10.0. The van der Waals surface area contributed by atoms with Crippen molar-refractivity contribution >= 4 is 0 Å². The van der Waals surface area contributed by atoms with Gasteiger partial charge in [0.1, 0.15) is 12.4 Å². The van der Waals surface area contributed by atoms with Gasteiger partial charge in [-0.05, 0) is 34.4 Å². The molecule has 133 valence electrons. The van der Waals surface area contributed by atoms with E-state index in [1.807, 2.05) is 48.9 Å². The maximum absolute atomic E-state index is 5.94. The van der Waals surface area contributed by atoms with Crippen LogP contribution in [0, 0.1) is 13.3 Å². The van der Waals surface area contributed by atoms with Crippen molar-refractivity contribution in [1.82, 2.24) is 10.2 Å². The van der Waals surface area contributed by atoms with Crippen LogP contribution in [0.5, 0.6) is 5.75 Å². The summed E-state index contributed by atoms with van der Waals surface area (Å²) in [7, 11) is 0. The van der Waals surface area contributed by atoms with Crippen molar-refractivity contribution in [2.24, 2.45) is 0 Å². The topological polar surface area (TPSA) is 48.2 Å². The van der Waals surface area contributed by atoms with Gasteiger partial charge in [0, 0.05) is 6.92 Å². The van der Waals surface area contributed by atoms with Crippen LogP contribution in [0.2, 0.25) is 0 Å². The maximum atomic E-state index is 5.94. The highest BCUT2D eigenvalue weighted by Crippen LogP contribution is 2.26. The summed E-state index contributed by atoms with van der Waals surface area (Å²) in [4.78, 5) is 0. The molecule has 4 heteroatoms. The number of rotatable bonds is 6. The first-order valence-electron chi connectivity index (χ1n) is 8.78. The fourth-order valence-electron chi connectivity index (χ4n) is 2.83. The van der Waals surface area contributed by atoms with Crippen molar-refractivity contribution in [2.45, 2.75) is 13.5 Å². The van der Waals surface area contributed by atoms with E-state index in [9.17, 15) is 0 Å². The van der Waals surface area contributed by atoms with Gasteiger partial charge in [-0.15, -0.1) is 10.2 Å². The number of aromatic nitrogens is 2. The summed E-state index contributed by atoms with van der Waals surface area (Å²) in [5.74, 6) is 1.91. The number of hydrogen-bond acceptors (Lipinski definition) is 4. The number of aryl methyl sites for hydroxylation is 1. The monoisotopic (exact) mass is 355 g/mol. The van der Waals surface area contributed by atoms with Crippen LogP contribution in [0.25, 0.3) is 11.1 Å². The van der Waals surface area contributed by atoms with Gasteiger partial charge >= 0.3 is 0 Å². The molecule has 0 aliphatic carbocycles. The molecule has 0 atom stereocenters. The molecule has 3 aromatic carbocycles. The van der Waals surface area contributed by atoms with Crippen molar-refractivity contribution in [3.05, 3.63) is 108 Å². The number of nitrogens with zero attached hydrogens (tertiary/aromatic N) is 2. The molecular formula is C23H19N2O2. The van der Waals surface area contributed by atoms with E-state index in [4.69, 9.17) is 9.15 Å². The molecule has 0 fully saturated rings. The second kappa shape index (κ2) is 7.87. The number of benzene rings is 3. The SMILES string of the molecule is Cc1nnc([CH]c2cccc(-c3cccc(OCc4ccccc4)c3)c2)o1. The van der Waals surface area contributed by atoms with Crippen LogP contribution in [-0.2, 0) is 6.61 Å². The van der Waals surface area contributed by atoms with Gasteiger partial charge in [0.25, 0.3) is 0 Å². The molecule has 0 amide bonds. The Morgan fingerprint density at radius 1 is 0.852 bits per heavy atom. The lowest BCUT2D eigenvalue weighted by Crippen LogP contribution is -1.95. The summed E-state index contributed by atoms with van der Waals surface area (Å²) < 4.78 is 11.4. The van der Waals surface area contributed by atoms with E-state index in [2.05, 4.69) is 46.6 Å². The largest absolute Gasteiger partial charge is 0.489 e. The Morgan fingerprint density at radius 2 is 1.63 bits per heavy atom. The highest BCUT2D eigenvalue weighted by molar-refractivity contribution is 5.66. The van der Waals surface area contributed by atoms with Crippen molar-refractivity contribution in [3.63, 3.8) is 0 Å². The van der Waals surface area contributed by atoms with Crippen LogP contribution in [0.4, 0.5) is 0 Å². The maximum Gasteiger partial charge on any atom is 0.225 e. The van der Waals surface area contributed by atoms with Gasteiger partial charge < -0.3 is 9.15 Å². The van der Waals surface area contributed by atoms with E-state index in [0.717, 1.165) is 28.0 Å². The average molecular weight is 355 g/mol. The Hall–Kier alpha value is -3.40. The molecule has 1 aromatic heterocycles. The lowest BCUT2D eigenvalue weighted by Gasteiger charge is -2.09. The normalized spacial score (nSPS) is 10.7. The van der Waals surface area contributed by atoms with Crippen molar-refractivity contribution in [3.8, 4) is 16.9 Å². The van der Waals surface area contributed by atoms with Crippen LogP contribution in [-0.4, -0.2) is 10.2 Å². The Kier molecular flexibility index (Phi) is 4.97. The first-order chi connectivity index (χ1) is 13.3. The zero-order chi connectivity index (χ0) is 18.5. The van der Waals surface area contributed by atoms with Gasteiger partial charge in [0.15, 0.2) is 0 Å². The fraction of sp³-hybridized carbons (Fsp3) is 0.0870. The highest BCUT2D eigenvalue weighted by atomic mass is 16.5. The van der Waals surface area contributed by atoms with Gasteiger partial charge in [0.2, 0.25) is 11.8 Å². The summed E-state index contributed by atoms with van der Waals surface area (Å²) in [6, 6.07) is 26.5. The first-order valence-corrected chi connectivity index (χ1v) is 8.78. The first kappa shape index (κ1) is 17.0. The zero-order valence-corrected chi connectivity index (χ0v) is 15.0. The molecule has 4 nitrogen and oxygen atoms in total. The van der Waals surface area contributed by atoms with Crippen molar-refractivity contribution in [1.29, 1.82) is 0 Å². The van der Waals surface area contributed by atoms with E-state index in [1.165, 1.54) is 0 Å². The zero-order valence-electron chi connectivity index (χ0n) is 15.0. The molecule has 4 aromatic rings. The average Bonchev–Trinajstić information content (AvgIpc) is 3.12. The van der Waals surface area contributed by atoms with Crippen LogP contribution < -0.4 is 4.74 Å². The standard InChI is InChI=1S/C23H19N2O2/c1-17-24-25-23(27-17)14-19-9-5-10-20(13-19)21-11-6-12-22(15-21)26-16-18-7-3-2-4-8-18/h2-15H,16H2,1H3. The molecular weight excluding hydrogens is 336 g/mol. The third kappa shape index (κ3) is 4.42. The third-order valence-corrected chi connectivity index (χ3v) is 4.13. The summed E-state index contributed by atoms with van der Waals surface area (Å²) in [6.07, 6.45) is 1.87. The Bertz CT molecular complexity index is 1030. The molecule has 0 aliphatic heterocycles. The molecule has 27 heavy (non-hydrogen) atoms. The second-order valence-corrected chi connectivity index (χ2v) is 6.23. The third-order valence-electron chi connectivity index (χ3n) is 4.13. The van der Waals surface area contributed by atoms with E-state index in [0.29, 0.717) is 18.4 Å². The predicted molar refractivity (Wildman–Crippen MR) is 104 cm³/mol. The number of ether oxygens (including phenoxy) is 1. The minimum Gasteiger partial charge on any atom is -0.489 e. The molecule has 0 spiro atoms. The van der Waals surface area contributed by atoms with E-state index >= 15 is 0 Å². The van der Waals surface area contributed by atoms with E-state index < -0.39 is 0 Å². The molecule has 0 unspecified atom stereocenters. The fourth-order valence-corrected chi connectivity index (χ4v) is 2.83. The molecule has 0 saturated carbocycles. The molecule has 0 bridgehead atoms. The van der Waals surface area contributed by atoms with Crippen LogP contribution in [0.15, 0.2) is 83.3 Å².